The van der Waals surface area contributed by atoms with Crippen LogP contribution in [0.25, 0.3) is 0 Å². The van der Waals surface area contributed by atoms with Crippen LogP contribution in [0.5, 0.6) is 0 Å². The van der Waals surface area contributed by atoms with Crippen molar-refractivity contribution in [1.82, 2.24) is 10.2 Å². The molecule has 3 nitrogen and oxygen atoms in total. The lowest BCUT2D eigenvalue weighted by molar-refractivity contribution is -0.133. The minimum absolute atomic E-state index is 0. The Morgan fingerprint density at radius 2 is 2.18 bits per heavy atom. The van der Waals surface area contributed by atoms with E-state index in [1.807, 2.05) is 18.7 Å². The van der Waals surface area contributed by atoms with E-state index < -0.39 is 0 Å². The first kappa shape index (κ1) is 10.7. The van der Waals surface area contributed by atoms with E-state index in [1.54, 1.807) is 0 Å². The first-order valence-corrected chi connectivity index (χ1v) is 3.72. The van der Waals surface area contributed by atoms with Crippen molar-refractivity contribution in [3.63, 3.8) is 0 Å². The van der Waals surface area contributed by atoms with Gasteiger partial charge in [0.25, 0.3) is 0 Å². The van der Waals surface area contributed by atoms with Crippen LogP contribution in [0.2, 0.25) is 0 Å². The second-order valence-corrected chi connectivity index (χ2v) is 2.86. The molecule has 0 unspecified atom stereocenters. The zero-order valence-electron chi connectivity index (χ0n) is 6.96. The fraction of sp³-hybridized carbons (Fsp3) is 0.857. The van der Waals surface area contributed by atoms with Gasteiger partial charge in [0.1, 0.15) is 0 Å². The third kappa shape index (κ3) is 2.67. The molecule has 0 radical (unpaired) electrons. The highest BCUT2D eigenvalue weighted by molar-refractivity contribution is 5.85. The number of halogens is 1. The fourth-order valence-corrected chi connectivity index (χ4v) is 1.17. The summed E-state index contributed by atoms with van der Waals surface area (Å²) in [4.78, 5) is 13.0. The standard InChI is InChI=1S/C7H14N2O.ClH/c1-6(2)9-4-3-8-5-7(9)10;/h6,8H,3-5H2,1-2H3;1H. The van der Waals surface area contributed by atoms with Gasteiger partial charge < -0.3 is 10.2 Å². The number of hydrogen-bond donors (Lipinski definition) is 1. The van der Waals surface area contributed by atoms with Crippen molar-refractivity contribution in [2.75, 3.05) is 19.6 Å². The van der Waals surface area contributed by atoms with Gasteiger partial charge in [-0.2, -0.15) is 0 Å². The number of carbonyl (C=O) groups is 1. The summed E-state index contributed by atoms with van der Waals surface area (Å²) in [5.74, 6) is 0.223. The van der Waals surface area contributed by atoms with Crippen molar-refractivity contribution < 1.29 is 4.79 Å². The maximum atomic E-state index is 11.1. The average Bonchev–Trinajstić information content (AvgIpc) is 1.88. The molecule has 1 saturated heterocycles. The average molecular weight is 179 g/mol. The summed E-state index contributed by atoms with van der Waals surface area (Å²) < 4.78 is 0. The zero-order valence-corrected chi connectivity index (χ0v) is 7.78. The molecule has 0 aromatic carbocycles. The molecule has 0 spiro atoms. The SMILES string of the molecule is CC(C)N1CCNCC1=O.Cl. The normalized spacial score (nSPS) is 18.5. The molecule has 1 aliphatic rings. The van der Waals surface area contributed by atoms with Gasteiger partial charge in [-0.1, -0.05) is 0 Å². The van der Waals surface area contributed by atoms with Crippen molar-refractivity contribution in [1.29, 1.82) is 0 Å². The lowest BCUT2D eigenvalue weighted by Crippen LogP contribution is -2.50. The van der Waals surface area contributed by atoms with Crippen molar-refractivity contribution in [2.24, 2.45) is 0 Å². The van der Waals surface area contributed by atoms with E-state index in [-0.39, 0.29) is 18.3 Å². The number of carbonyl (C=O) groups excluding carboxylic acids is 1. The maximum absolute atomic E-state index is 11.1. The Bertz CT molecular complexity index is 138. The van der Waals surface area contributed by atoms with Gasteiger partial charge >= 0.3 is 0 Å². The number of nitrogens with zero attached hydrogens (tertiary/aromatic N) is 1. The highest BCUT2D eigenvalue weighted by Gasteiger charge is 2.19. The third-order valence-corrected chi connectivity index (χ3v) is 1.75. The fourth-order valence-electron chi connectivity index (χ4n) is 1.17. The molecular weight excluding hydrogens is 164 g/mol. The number of amides is 1. The molecule has 1 N–H and O–H groups in total. The van der Waals surface area contributed by atoms with Gasteiger partial charge in [0.15, 0.2) is 0 Å². The van der Waals surface area contributed by atoms with Crippen molar-refractivity contribution >= 4 is 18.3 Å². The first-order chi connectivity index (χ1) is 4.72. The van der Waals surface area contributed by atoms with Crippen LogP contribution in [0.1, 0.15) is 13.8 Å². The molecule has 1 fully saturated rings. The Hall–Kier alpha value is -0.280. The highest BCUT2D eigenvalue weighted by Crippen LogP contribution is 1.99. The van der Waals surface area contributed by atoms with Crippen LogP contribution in [-0.2, 0) is 4.79 Å². The van der Waals surface area contributed by atoms with Crippen LogP contribution in [-0.4, -0.2) is 36.5 Å². The summed E-state index contributed by atoms with van der Waals surface area (Å²) in [6.07, 6.45) is 0. The largest absolute Gasteiger partial charge is 0.338 e. The van der Waals surface area contributed by atoms with Crippen LogP contribution in [0.3, 0.4) is 0 Å². The number of piperazine rings is 1. The van der Waals surface area contributed by atoms with Gasteiger partial charge in [0.05, 0.1) is 6.54 Å². The Morgan fingerprint density at radius 1 is 1.55 bits per heavy atom. The molecule has 0 aromatic rings. The number of rotatable bonds is 1. The third-order valence-electron chi connectivity index (χ3n) is 1.75. The quantitative estimate of drug-likeness (QED) is 0.625. The van der Waals surface area contributed by atoms with E-state index in [4.69, 9.17) is 0 Å². The molecule has 66 valence electrons. The predicted molar refractivity (Wildman–Crippen MR) is 47.0 cm³/mol. The molecule has 1 heterocycles. The molecule has 0 bridgehead atoms. The predicted octanol–water partition coefficient (Wildman–Crippen LogP) is 0.248. The topological polar surface area (TPSA) is 32.3 Å². The van der Waals surface area contributed by atoms with Crippen LogP contribution < -0.4 is 5.32 Å². The van der Waals surface area contributed by atoms with Crippen LogP contribution in [0.4, 0.5) is 0 Å². The minimum Gasteiger partial charge on any atom is -0.338 e. The summed E-state index contributed by atoms with van der Waals surface area (Å²) >= 11 is 0. The smallest absolute Gasteiger partial charge is 0.236 e. The molecule has 0 saturated carbocycles. The Labute approximate surface area is 73.5 Å². The van der Waals surface area contributed by atoms with Crippen molar-refractivity contribution in [3.05, 3.63) is 0 Å². The summed E-state index contributed by atoms with van der Waals surface area (Å²) in [7, 11) is 0. The van der Waals surface area contributed by atoms with Gasteiger partial charge in [-0.05, 0) is 13.8 Å². The van der Waals surface area contributed by atoms with Gasteiger partial charge in [0.2, 0.25) is 5.91 Å². The minimum atomic E-state index is 0. The second kappa shape index (κ2) is 4.57. The van der Waals surface area contributed by atoms with Crippen molar-refractivity contribution in [3.8, 4) is 0 Å². The van der Waals surface area contributed by atoms with Gasteiger partial charge in [0, 0.05) is 19.1 Å². The summed E-state index contributed by atoms with van der Waals surface area (Å²) in [5.41, 5.74) is 0. The summed E-state index contributed by atoms with van der Waals surface area (Å²) in [6.45, 7) is 6.39. The molecule has 1 rings (SSSR count). The van der Waals surface area contributed by atoms with E-state index in [1.165, 1.54) is 0 Å². The van der Waals surface area contributed by atoms with E-state index in [9.17, 15) is 4.79 Å². The molecule has 11 heavy (non-hydrogen) atoms. The lowest BCUT2D eigenvalue weighted by atomic mass is 10.2. The molecule has 0 aliphatic carbocycles. The van der Waals surface area contributed by atoms with Gasteiger partial charge in [-0.3, -0.25) is 4.79 Å². The zero-order chi connectivity index (χ0) is 7.56. The second-order valence-electron chi connectivity index (χ2n) is 2.86. The molecular formula is C7H15ClN2O. The van der Waals surface area contributed by atoms with Crippen LogP contribution in [0, 0.1) is 0 Å². The van der Waals surface area contributed by atoms with Crippen LogP contribution >= 0.6 is 12.4 Å². The van der Waals surface area contributed by atoms with E-state index in [0.717, 1.165) is 13.1 Å². The number of nitrogens with one attached hydrogen (secondary N) is 1. The molecule has 4 heteroatoms. The van der Waals surface area contributed by atoms with E-state index in [0.29, 0.717) is 12.6 Å². The number of hydrogen-bond acceptors (Lipinski definition) is 2. The lowest BCUT2D eigenvalue weighted by Gasteiger charge is -2.30. The summed E-state index contributed by atoms with van der Waals surface area (Å²) in [6, 6.07) is 0.356. The molecule has 0 atom stereocenters. The molecule has 1 aliphatic heterocycles. The van der Waals surface area contributed by atoms with Gasteiger partial charge in [-0.25, -0.2) is 0 Å². The summed E-state index contributed by atoms with van der Waals surface area (Å²) in [5, 5.41) is 3.03. The Balaban J connectivity index is 0.000001000. The van der Waals surface area contributed by atoms with Crippen molar-refractivity contribution in [2.45, 2.75) is 19.9 Å². The van der Waals surface area contributed by atoms with Gasteiger partial charge in [-0.15, -0.1) is 12.4 Å². The van der Waals surface area contributed by atoms with E-state index in [2.05, 4.69) is 5.32 Å². The highest BCUT2D eigenvalue weighted by atomic mass is 35.5. The maximum Gasteiger partial charge on any atom is 0.236 e. The Morgan fingerprint density at radius 3 is 2.55 bits per heavy atom. The first-order valence-electron chi connectivity index (χ1n) is 3.72. The van der Waals surface area contributed by atoms with E-state index >= 15 is 0 Å². The molecule has 0 aromatic heterocycles. The Kier molecular flexibility index (Phi) is 4.45. The van der Waals surface area contributed by atoms with Crippen LogP contribution in [0.15, 0.2) is 0 Å². The molecule has 1 amide bonds. The monoisotopic (exact) mass is 178 g/mol.